The second kappa shape index (κ2) is 4.35. The highest BCUT2D eigenvalue weighted by molar-refractivity contribution is 6.03. The van der Waals surface area contributed by atoms with Crippen LogP contribution in [-0.4, -0.2) is 28.9 Å². The standard InChI is InChI=1S/C14H14O5/c15-12-9-5-1-2-6-10(9)13(16)19-14(17)8-4-3-7-11(14)18-12/h1-2,5-6,11,17H,3-4,7-8H2. The van der Waals surface area contributed by atoms with Gasteiger partial charge in [-0.15, -0.1) is 0 Å². The first kappa shape index (κ1) is 12.2. The Hall–Kier alpha value is -1.88. The van der Waals surface area contributed by atoms with Crippen molar-refractivity contribution in [2.45, 2.75) is 37.6 Å². The maximum atomic E-state index is 12.1. The monoisotopic (exact) mass is 262 g/mol. The smallest absolute Gasteiger partial charge is 0.341 e. The summed E-state index contributed by atoms with van der Waals surface area (Å²) < 4.78 is 10.5. The second-order valence-corrected chi connectivity index (χ2v) is 4.92. The Kier molecular flexibility index (Phi) is 2.78. The Morgan fingerprint density at radius 2 is 1.79 bits per heavy atom. The zero-order valence-corrected chi connectivity index (χ0v) is 10.3. The van der Waals surface area contributed by atoms with Gasteiger partial charge in [0.25, 0.3) is 0 Å². The summed E-state index contributed by atoms with van der Waals surface area (Å²) in [5.41, 5.74) is 0.310. The summed E-state index contributed by atoms with van der Waals surface area (Å²) in [6, 6.07) is 6.30. The molecule has 1 fully saturated rings. The van der Waals surface area contributed by atoms with Crippen LogP contribution < -0.4 is 0 Å². The average Bonchev–Trinajstić information content (AvgIpc) is 2.40. The molecule has 1 N–H and O–H groups in total. The molecule has 0 aromatic heterocycles. The van der Waals surface area contributed by atoms with Crippen LogP contribution in [0.4, 0.5) is 0 Å². The fourth-order valence-corrected chi connectivity index (χ4v) is 2.61. The van der Waals surface area contributed by atoms with Crippen LogP contribution in [0.15, 0.2) is 24.3 Å². The zero-order valence-electron chi connectivity index (χ0n) is 10.3. The number of rotatable bonds is 0. The number of esters is 2. The molecule has 0 radical (unpaired) electrons. The topological polar surface area (TPSA) is 72.8 Å². The Balaban J connectivity index is 2.05. The first-order valence-corrected chi connectivity index (χ1v) is 6.36. The lowest BCUT2D eigenvalue weighted by Gasteiger charge is -2.39. The predicted octanol–water partition coefficient (Wildman–Crippen LogP) is 1.64. The molecule has 5 nitrogen and oxygen atoms in total. The molecule has 0 amide bonds. The minimum Gasteiger partial charge on any atom is -0.452 e. The molecule has 1 aliphatic heterocycles. The third-order valence-electron chi connectivity index (χ3n) is 3.64. The summed E-state index contributed by atoms with van der Waals surface area (Å²) in [4.78, 5) is 24.1. The van der Waals surface area contributed by atoms with Crippen molar-refractivity contribution in [1.82, 2.24) is 0 Å². The molecule has 100 valence electrons. The maximum absolute atomic E-state index is 12.1. The molecule has 1 aromatic rings. The lowest BCUT2D eigenvalue weighted by Crippen LogP contribution is -2.51. The van der Waals surface area contributed by atoms with Crippen LogP contribution in [0.25, 0.3) is 0 Å². The summed E-state index contributed by atoms with van der Waals surface area (Å²) in [6.07, 6.45) is 1.57. The van der Waals surface area contributed by atoms with E-state index >= 15 is 0 Å². The predicted molar refractivity (Wildman–Crippen MR) is 64.5 cm³/mol. The molecule has 1 heterocycles. The van der Waals surface area contributed by atoms with E-state index in [1.54, 1.807) is 12.1 Å². The molecular formula is C14H14O5. The Bertz CT molecular complexity index is 538. The highest BCUT2D eigenvalue weighted by Crippen LogP contribution is 2.35. The van der Waals surface area contributed by atoms with Gasteiger partial charge in [0, 0.05) is 6.42 Å². The summed E-state index contributed by atoms with van der Waals surface area (Å²) in [5, 5.41) is 10.4. The molecule has 2 atom stereocenters. The van der Waals surface area contributed by atoms with E-state index in [2.05, 4.69) is 0 Å². The summed E-state index contributed by atoms with van der Waals surface area (Å²) in [5.74, 6) is -2.96. The normalized spacial score (nSPS) is 30.3. The summed E-state index contributed by atoms with van der Waals surface area (Å²) >= 11 is 0. The molecule has 19 heavy (non-hydrogen) atoms. The molecule has 1 saturated carbocycles. The highest BCUT2D eigenvalue weighted by Gasteiger charge is 2.47. The van der Waals surface area contributed by atoms with Gasteiger partial charge < -0.3 is 14.6 Å². The van der Waals surface area contributed by atoms with Crippen LogP contribution in [0.3, 0.4) is 0 Å². The van der Waals surface area contributed by atoms with Crippen molar-refractivity contribution in [3.05, 3.63) is 35.4 Å². The van der Waals surface area contributed by atoms with Crippen LogP contribution in [0, 0.1) is 0 Å². The largest absolute Gasteiger partial charge is 0.452 e. The van der Waals surface area contributed by atoms with Crippen molar-refractivity contribution in [3.8, 4) is 0 Å². The first-order valence-electron chi connectivity index (χ1n) is 6.36. The molecule has 3 rings (SSSR count). The third kappa shape index (κ3) is 2.00. The third-order valence-corrected chi connectivity index (χ3v) is 3.64. The van der Waals surface area contributed by atoms with Gasteiger partial charge >= 0.3 is 11.9 Å². The number of fused-ring (bicyclic) bond motifs is 2. The number of carbonyl (C=O) groups is 2. The van der Waals surface area contributed by atoms with Gasteiger partial charge in [0.1, 0.15) is 0 Å². The number of ether oxygens (including phenoxy) is 2. The van der Waals surface area contributed by atoms with Crippen LogP contribution in [-0.2, 0) is 9.47 Å². The fraction of sp³-hybridized carbons (Fsp3) is 0.429. The van der Waals surface area contributed by atoms with Gasteiger partial charge in [-0.3, -0.25) is 0 Å². The molecule has 0 bridgehead atoms. The van der Waals surface area contributed by atoms with Crippen LogP contribution in [0.1, 0.15) is 46.4 Å². The molecule has 0 spiro atoms. The van der Waals surface area contributed by atoms with Crippen molar-refractivity contribution in [1.29, 1.82) is 0 Å². The van der Waals surface area contributed by atoms with Crippen LogP contribution >= 0.6 is 0 Å². The summed E-state index contributed by atoms with van der Waals surface area (Å²) in [6.45, 7) is 0. The van der Waals surface area contributed by atoms with Gasteiger partial charge in [-0.25, -0.2) is 9.59 Å². The van der Waals surface area contributed by atoms with E-state index in [-0.39, 0.29) is 11.1 Å². The van der Waals surface area contributed by atoms with Crippen molar-refractivity contribution < 1.29 is 24.2 Å². The lowest BCUT2D eigenvalue weighted by atomic mass is 9.90. The Labute approximate surface area is 110 Å². The lowest BCUT2D eigenvalue weighted by molar-refractivity contribution is -0.240. The van der Waals surface area contributed by atoms with Gasteiger partial charge in [0.2, 0.25) is 5.79 Å². The van der Waals surface area contributed by atoms with E-state index in [9.17, 15) is 14.7 Å². The minimum absolute atomic E-state index is 0.130. The van der Waals surface area contributed by atoms with Crippen molar-refractivity contribution in [2.24, 2.45) is 0 Å². The number of carbonyl (C=O) groups excluding carboxylic acids is 2. The molecule has 2 aliphatic rings. The number of hydrogen-bond acceptors (Lipinski definition) is 5. The van der Waals surface area contributed by atoms with Crippen LogP contribution in [0.5, 0.6) is 0 Å². The van der Waals surface area contributed by atoms with Crippen molar-refractivity contribution in [2.75, 3.05) is 0 Å². The van der Waals surface area contributed by atoms with E-state index in [1.165, 1.54) is 12.1 Å². The van der Waals surface area contributed by atoms with E-state index in [0.29, 0.717) is 12.8 Å². The highest BCUT2D eigenvalue weighted by atomic mass is 16.7. The molecule has 2 unspecified atom stereocenters. The first-order chi connectivity index (χ1) is 9.10. The molecule has 5 heteroatoms. The van der Waals surface area contributed by atoms with E-state index in [4.69, 9.17) is 9.47 Å². The average molecular weight is 262 g/mol. The van der Waals surface area contributed by atoms with Gasteiger partial charge in [-0.1, -0.05) is 12.1 Å². The quantitative estimate of drug-likeness (QED) is 0.720. The molecule has 1 aromatic carbocycles. The Morgan fingerprint density at radius 3 is 2.53 bits per heavy atom. The number of benzene rings is 1. The fourth-order valence-electron chi connectivity index (χ4n) is 2.61. The maximum Gasteiger partial charge on any atom is 0.341 e. The number of aliphatic hydroxyl groups is 1. The second-order valence-electron chi connectivity index (χ2n) is 4.92. The zero-order chi connectivity index (χ0) is 13.5. The molecule has 1 aliphatic carbocycles. The molecule has 0 saturated heterocycles. The van der Waals surface area contributed by atoms with Crippen molar-refractivity contribution >= 4 is 11.9 Å². The Morgan fingerprint density at radius 1 is 1.11 bits per heavy atom. The van der Waals surface area contributed by atoms with E-state index < -0.39 is 23.8 Å². The number of hydrogen-bond donors (Lipinski definition) is 1. The minimum atomic E-state index is -1.70. The van der Waals surface area contributed by atoms with Gasteiger partial charge in [-0.2, -0.15) is 0 Å². The van der Waals surface area contributed by atoms with Crippen molar-refractivity contribution in [3.63, 3.8) is 0 Å². The molecular weight excluding hydrogens is 248 g/mol. The van der Waals surface area contributed by atoms with Gasteiger partial charge in [-0.05, 0) is 31.4 Å². The van der Waals surface area contributed by atoms with Gasteiger partial charge in [0.15, 0.2) is 6.10 Å². The van der Waals surface area contributed by atoms with E-state index in [1.807, 2.05) is 0 Å². The van der Waals surface area contributed by atoms with Gasteiger partial charge in [0.05, 0.1) is 11.1 Å². The SMILES string of the molecule is O=C1OC2CCCCC2(O)OC(=O)c2ccccc21. The van der Waals surface area contributed by atoms with Crippen LogP contribution in [0.2, 0.25) is 0 Å². The summed E-state index contributed by atoms with van der Waals surface area (Å²) in [7, 11) is 0. The van der Waals surface area contributed by atoms with E-state index in [0.717, 1.165) is 12.8 Å².